The average molecular weight is 543 g/mol. The van der Waals surface area contributed by atoms with E-state index in [4.69, 9.17) is 14.7 Å². The van der Waals surface area contributed by atoms with Gasteiger partial charge in [0.05, 0.1) is 5.69 Å². The highest BCUT2D eigenvalue weighted by molar-refractivity contribution is 5.89. The maximum absolute atomic E-state index is 13.6. The molecule has 0 aliphatic carbocycles. The van der Waals surface area contributed by atoms with Crippen molar-refractivity contribution in [1.82, 2.24) is 19.8 Å². The summed E-state index contributed by atoms with van der Waals surface area (Å²) in [5.41, 5.74) is 3.50. The number of amides is 2. The third kappa shape index (κ3) is 5.27. The van der Waals surface area contributed by atoms with Crippen LogP contribution >= 0.6 is 0 Å². The maximum Gasteiger partial charge on any atom is 0.321 e. The summed E-state index contributed by atoms with van der Waals surface area (Å²) in [4.78, 5) is 32.6. The molecular weight excluding hydrogens is 511 g/mol. The first-order chi connectivity index (χ1) is 19.4. The fraction of sp³-hybridized carbons (Fsp3) is 0.310. The predicted octanol–water partition coefficient (Wildman–Crippen LogP) is 4.75. The predicted molar refractivity (Wildman–Crippen MR) is 151 cm³/mol. The van der Waals surface area contributed by atoms with Crippen LogP contribution in [0.5, 0.6) is 0 Å². The summed E-state index contributed by atoms with van der Waals surface area (Å²) in [6.45, 7) is 1.25. The molecule has 1 saturated heterocycles. The number of aromatic nitrogens is 2. The molecule has 0 radical (unpaired) electrons. The second kappa shape index (κ2) is 10.8. The number of aliphatic imine (C=N–C) groups is 1. The number of likely N-dealkylation sites (tertiary alicyclic amines) is 1. The Bertz CT molecular complexity index is 1420. The van der Waals surface area contributed by atoms with E-state index >= 15 is 0 Å². The Labute approximate surface area is 232 Å². The minimum atomic E-state index is -0.302. The lowest BCUT2D eigenvalue weighted by Crippen LogP contribution is -2.44. The molecule has 11 heteroatoms. The fourth-order valence-electron chi connectivity index (χ4n) is 5.21. The summed E-state index contributed by atoms with van der Waals surface area (Å²) in [6, 6.07) is 16.0. The number of ether oxygens (including phenoxy) is 1. The minimum absolute atomic E-state index is 0.0981. The van der Waals surface area contributed by atoms with Crippen molar-refractivity contribution in [2.75, 3.05) is 42.7 Å². The summed E-state index contributed by atoms with van der Waals surface area (Å²) in [5, 5.41) is 6.44. The molecule has 6 rings (SSSR count). The topological polar surface area (TPSA) is 98.2 Å². The van der Waals surface area contributed by atoms with Crippen LogP contribution in [0.25, 0.3) is 0 Å². The Morgan fingerprint density at radius 2 is 1.80 bits per heavy atom. The van der Waals surface area contributed by atoms with Crippen molar-refractivity contribution in [3.8, 4) is 0 Å². The van der Waals surface area contributed by atoms with Crippen LogP contribution in [-0.2, 0) is 4.74 Å². The summed E-state index contributed by atoms with van der Waals surface area (Å²) >= 11 is 0. The number of nitrogens with zero attached hydrogens (tertiary/aromatic N) is 6. The van der Waals surface area contributed by atoms with E-state index in [1.54, 1.807) is 24.6 Å². The van der Waals surface area contributed by atoms with E-state index in [0.717, 1.165) is 35.5 Å². The van der Waals surface area contributed by atoms with Crippen LogP contribution in [0.4, 0.5) is 26.5 Å². The molecular formula is C29H31FN8O2. The molecule has 3 aliphatic rings. The molecule has 0 bridgehead atoms. The molecule has 0 spiro atoms. The number of amidine groups is 1. The van der Waals surface area contributed by atoms with Gasteiger partial charge < -0.3 is 25.2 Å². The summed E-state index contributed by atoms with van der Waals surface area (Å²) < 4.78 is 19.1. The summed E-state index contributed by atoms with van der Waals surface area (Å²) in [6.07, 6.45) is 6.71. The van der Waals surface area contributed by atoms with Gasteiger partial charge in [-0.1, -0.05) is 12.1 Å². The number of anilines is 3. The summed E-state index contributed by atoms with van der Waals surface area (Å²) in [7, 11) is 3.97. The molecule has 0 saturated carbocycles. The van der Waals surface area contributed by atoms with E-state index < -0.39 is 0 Å². The van der Waals surface area contributed by atoms with E-state index in [2.05, 4.69) is 15.6 Å². The van der Waals surface area contributed by atoms with E-state index in [9.17, 15) is 9.18 Å². The number of benzene rings is 2. The minimum Gasteiger partial charge on any atom is -0.432 e. The van der Waals surface area contributed by atoms with Gasteiger partial charge in [-0.05, 0) is 60.9 Å². The highest BCUT2D eigenvalue weighted by atomic mass is 19.1. The van der Waals surface area contributed by atoms with Crippen LogP contribution in [0.2, 0.25) is 0 Å². The molecule has 2 atom stereocenters. The largest absolute Gasteiger partial charge is 0.432 e. The van der Waals surface area contributed by atoms with Gasteiger partial charge in [0.2, 0.25) is 5.95 Å². The molecule has 4 heterocycles. The van der Waals surface area contributed by atoms with E-state index in [0.29, 0.717) is 25.1 Å². The molecule has 206 valence electrons. The zero-order chi connectivity index (χ0) is 27.6. The van der Waals surface area contributed by atoms with E-state index in [1.807, 2.05) is 65.3 Å². The molecule has 2 aromatic carbocycles. The van der Waals surface area contributed by atoms with Gasteiger partial charge in [0.15, 0.2) is 0 Å². The molecule has 40 heavy (non-hydrogen) atoms. The van der Waals surface area contributed by atoms with Crippen LogP contribution in [0.1, 0.15) is 36.2 Å². The van der Waals surface area contributed by atoms with Gasteiger partial charge in [-0.2, -0.15) is 0 Å². The Balaban J connectivity index is 1.08. The normalized spacial score (nSPS) is 20.1. The van der Waals surface area contributed by atoms with E-state index in [-0.39, 0.29) is 30.0 Å². The molecule has 2 unspecified atom stereocenters. The molecule has 10 nitrogen and oxygen atoms in total. The number of hydrogen-bond donors (Lipinski definition) is 2. The number of urea groups is 1. The summed E-state index contributed by atoms with van der Waals surface area (Å²) in [5.74, 6) is 0.232. The van der Waals surface area contributed by atoms with Crippen molar-refractivity contribution in [3.63, 3.8) is 0 Å². The number of carbonyl (C=O) groups is 1. The number of halogens is 1. The van der Waals surface area contributed by atoms with Gasteiger partial charge >= 0.3 is 6.03 Å². The van der Waals surface area contributed by atoms with Crippen LogP contribution in [-0.4, -0.2) is 65.0 Å². The molecule has 3 aromatic rings. The lowest BCUT2D eigenvalue weighted by atomic mass is 9.97. The molecule has 1 fully saturated rings. The lowest BCUT2D eigenvalue weighted by Gasteiger charge is -2.32. The maximum atomic E-state index is 13.6. The molecule has 1 aromatic heterocycles. The standard InChI is InChI=1S/C29H31FN8O2/c1-36(2)23-9-7-21(8-10-23)33-28(39)37-15-12-22(13-16-37)32-27-31-14-11-24(34-27)26-25(19-3-5-20(30)6-4-19)35-29-38(26)17-18-40-29/h3-11,14,17-18,22,25-26H,12-13,15-16H2,1-2H3,(H,33,39)(H,31,32,34). The van der Waals surface area contributed by atoms with Crippen molar-refractivity contribution in [3.05, 3.63) is 90.3 Å². The number of nitrogens with one attached hydrogen (secondary N) is 2. The average Bonchev–Trinajstić information content (AvgIpc) is 3.56. The first kappa shape index (κ1) is 25.6. The Kier molecular flexibility index (Phi) is 6.93. The number of rotatable bonds is 6. The van der Waals surface area contributed by atoms with Crippen molar-refractivity contribution < 1.29 is 13.9 Å². The van der Waals surface area contributed by atoms with E-state index in [1.165, 1.54) is 12.1 Å². The van der Waals surface area contributed by atoms with Crippen LogP contribution < -0.4 is 15.5 Å². The number of hydrogen-bond acceptors (Lipinski definition) is 8. The van der Waals surface area contributed by atoms with Gasteiger partial charge in [-0.3, -0.25) is 4.90 Å². The fourth-order valence-corrected chi connectivity index (χ4v) is 5.21. The zero-order valence-electron chi connectivity index (χ0n) is 22.4. The van der Waals surface area contributed by atoms with Gasteiger partial charge in [0.1, 0.15) is 24.2 Å². The first-order valence-electron chi connectivity index (χ1n) is 13.3. The quantitative estimate of drug-likeness (QED) is 0.464. The Morgan fingerprint density at radius 1 is 1.05 bits per heavy atom. The number of piperidine rings is 1. The second-order valence-corrected chi connectivity index (χ2v) is 10.2. The monoisotopic (exact) mass is 542 g/mol. The highest BCUT2D eigenvalue weighted by Crippen LogP contribution is 2.43. The third-order valence-electron chi connectivity index (χ3n) is 7.41. The first-order valence-corrected chi connectivity index (χ1v) is 13.3. The Hall–Kier alpha value is -4.67. The van der Waals surface area contributed by atoms with Gasteiger partial charge in [-0.25, -0.2) is 24.1 Å². The zero-order valence-corrected chi connectivity index (χ0v) is 22.4. The smallest absolute Gasteiger partial charge is 0.321 e. The van der Waals surface area contributed by atoms with Crippen LogP contribution in [0, 0.1) is 5.82 Å². The molecule has 2 N–H and O–H groups in total. The second-order valence-electron chi connectivity index (χ2n) is 10.2. The van der Waals surface area contributed by atoms with Crippen molar-refractivity contribution in [2.45, 2.75) is 31.0 Å². The third-order valence-corrected chi connectivity index (χ3v) is 7.41. The Morgan fingerprint density at radius 3 is 2.52 bits per heavy atom. The van der Waals surface area contributed by atoms with Gasteiger partial charge in [0.25, 0.3) is 6.02 Å². The van der Waals surface area contributed by atoms with Crippen LogP contribution in [0.15, 0.2) is 78.2 Å². The molecule has 3 aliphatic heterocycles. The van der Waals surface area contributed by atoms with Gasteiger partial charge in [-0.15, -0.1) is 0 Å². The van der Waals surface area contributed by atoms with Crippen molar-refractivity contribution in [2.24, 2.45) is 4.99 Å². The number of carbonyl (C=O) groups excluding carboxylic acids is 1. The SMILES string of the molecule is CN(C)c1ccc(NC(=O)N2CCC(Nc3nccc(C4C(c5ccc(F)cc5)N=C5OC=CN54)n3)CC2)cc1. The van der Waals surface area contributed by atoms with Crippen LogP contribution in [0.3, 0.4) is 0 Å². The lowest BCUT2D eigenvalue weighted by molar-refractivity contribution is 0.197. The van der Waals surface area contributed by atoms with Crippen molar-refractivity contribution >= 4 is 29.4 Å². The molecule has 2 amide bonds. The highest BCUT2D eigenvalue weighted by Gasteiger charge is 2.41. The number of fused-ring (bicyclic) bond motifs is 1. The van der Waals surface area contributed by atoms with Crippen molar-refractivity contribution in [1.29, 1.82) is 0 Å². The van der Waals surface area contributed by atoms with Gasteiger partial charge in [0, 0.05) is 57.0 Å².